The van der Waals surface area contributed by atoms with E-state index in [9.17, 15) is 28.1 Å². The van der Waals surface area contributed by atoms with Gasteiger partial charge in [-0.15, -0.1) is 0 Å². The van der Waals surface area contributed by atoms with Crippen LogP contribution in [0.25, 0.3) is 0 Å². The molecule has 0 radical (unpaired) electrons. The van der Waals surface area contributed by atoms with Gasteiger partial charge in [-0.05, 0) is 57.0 Å². The molecule has 11 heteroatoms. The van der Waals surface area contributed by atoms with Crippen LogP contribution in [0.15, 0.2) is 114 Å². The van der Waals surface area contributed by atoms with E-state index in [0.717, 1.165) is 27.1 Å². The molecule has 0 bridgehead atoms. The maximum Gasteiger partial charge on any atom is 0.271 e. The second kappa shape index (κ2) is 14.4. The van der Waals surface area contributed by atoms with Gasteiger partial charge >= 0.3 is 0 Å². The van der Waals surface area contributed by atoms with Crippen LogP contribution in [-0.4, -0.2) is 48.2 Å². The van der Waals surface area contributed by atoms with E-state index in [1.54, 1.807) is 18.2 Å². The van der Waals surface area contributed by atoms with Gasteiger partial charge in [-0.2, -0.15) is 0 Å². The molecular formula is C35H38N4O6S. The third kappa shape index (κ3) is 8.79. The molecule has 2 amide bonds. The first-order chi connectivity index (χ1) is 21.7. The SMILES string of the molecule is Cc1cccc(CN(C(=O)CN(c2cccc([N+](=O)[O-])c2)S(=O)(=O)c2ccccc2)[C@@H](Cc2ccccc2)C(=O)NC(C)(C)C)c1. The zero-order valence-electron chi connectivity index (χ0n) is 26.3. The summed E-state index contributed by atoms with van der Waals surface area (Å²) < 4.78 is 29.0. The molecule has 1 atom stereocenters. The summed E-state index contributed by atoms with van der Waals surface area (Å²) in [5.74, 6) is -1.05. The van der Waals surface area contributed by atoms with Crippen LogP contribution < -0.4 is 9.62 Å². The first-order valence-electron chi connectivity index (χ1n) is 14.8. The van der Waals surface area contributed by atoms with Crippen molar-refractivity contribution >= 4 is 33.2 Å². The maximum absolute atomic E-state index is 14.5. The van der Waals surface area contributed by atoms with Crippen LogP contribution in [0.1, 0.15) is 37.5 Å². The van der Waals surface area contributed by atoms with E-state index in [-0.39, 0.29) is 29.2 Å². The van der Waals surface area contributed by atoms with Gasteiger partial charge < -0.3 is 10.2 Å². The Morgan fingerprint density at radius 2 is 1.46 bits per heavy atom. The highest BCUT2D eigenvalue weighted by Gasteiger charge is 2.36. The van der Waals surface area contributed by atoms with Crippen molar-refractivity contribution < 1.29 is 22.9 Å². The lowest BCUT2D eigenvalue weighted by molar-refractivity contribution is -0.384. The second-order valence-electron chi connectivity index (χ2n) is 12.1. The molecule has 0 aliphatic rings. The molecule has 46 heavy (non-hydrogen) atoms. The number of nitrogens with one attached hydrogen (secondary N) is 1. The van der Waals surface area contributed by atoms with Crippen LogP contribution in [0, 0.1) is 17.0 Å². The normalized spacial score (nSPS) is 12.2. The van der Waals surface area contributed by atoms with E-state index in [2.05, 4.69) is 5.32 Å². The standard InChI is InChI=1S/C35H38N4O6S/c1-26-13-11-16-28(21-26)24-37(32(34(41)36-35(2,3)4)22-27-14-7-5-8-15-27)33(40)25-38(29-17-12-18-30(23-29)39(42)43)46(44,45)31-19-9-6-10-20-31/h5-21,23,32H,22,24-25H2,1-4H3,(H,36,41)/t32-/m0/s1. The van der Waals surface area contributed by atoms with Gasteiger partial charge in [-0.1, -0.05) is 84.4 Å². The summed E-state index contributed by atoms with van der Waals surface area (Å²) in [5, 5.41) is 14.6. The van der Waals surface area contributed by atoms with E-state index in [4.69, 9.17) is 0 Å². The predicted octanol–water partition coefficient (Wildman–Crippen LogP) is 5.65. The van der Waals surface area contributed by atoms with Crippen molar-refractivity contribution in [3.8, 4) is 0 Å². The van der Waals surface area contributed by atoms with Crippen molar-refractivity contribution in [3.05, 3.63) is 136 Å². The van der Waals surface area contributed by atoms with Gasteiger partial charge in [-0.25, -0.2) is 8.42 Å². The largest absolute Gasteiger partial charge is 0.350 e. The van der Waals surface area contributed by atoms with Crippen LogP contribution in [0.2, 0.25) is 0 Å². The van der Waals surface area contributed by atoms with Crippen molar-refractivity contribution in [1.82, 2.24) is 10.2 Å². The van der Waals surface area contributed by atoms with E-state index in [0.29, 0.717) is 0 Å². The van der Waals surface area contributed by atoms with Crippen LogP contribution in [-0.2, 0) is 32.6 Å². The molecule has 0 fully saturated rings. The molecule has 0 saturated carbocycles. The van der Waals surface area contributed by atoms with Crippen LogP contribution in [0.3, 0.4) is 0 Å². The molecule has 4 aromatic rings. The van der Waals surface area contributed by atoms with Crippen molar-refractivity contribution in [1.29, 1.82) is 0 Å². The Balaban J connectivity index is 1.84. The molecule has 240 valence electrons. The highest BCUT2D eigenvalue weighted by atomic mass is 32.2. The quantitative estimate of drug-likeness (QED) is 0.157. The molecule has 0 heterocycles. The average molecular weight is 643 g/mol. The first kappa shape index (κ1) is 33.9. The number of non-ortho nitro benzene ring substituents is 1. The maximum atomic E-state index is 14.5. The zero-order valence-corrected chi connectivity index (χ0v) is 27.1. The molecule has 4 rings (SSSR count). The predicted molar refractivity (Wildman–Crippen MR) is 178 cm³/mol. The number of benzene rings is 4. The molecule has 0 aliphatic heterocycles. The van der Waals surface area contributed by atoms with Crippen molar-refractivity contribution in [3.63, 3.8) is 0 Å². The number of hydrogen-bond donors (Lipinski definition) is 1. The molecule has 0 aliphatic carbocycles. The number of nitro benzene ring substituents is 1. The fourth-order valence-corrected chi connectivity index (χ4v) is 6.45. The van der Waals surface area contributed by atoms with Crippen LogP contribution in [0.4, 0.5) is 11.4 Å². The minimum atomic E-state index is -4.38. The molecule has 0 spiro atoms. The number of carbonyl (C=O) groups excluding carboxylic acids is 2. The summed E-state index contributed by atoms with van der Waals surface area (Å²) in [7, 11) is -4.38. The van der Waals surface area contributed by atoms with Crippen molar-refractivity contribution in [2.24, 2.45) is 0 Å². The minimum Gasteiger partial charge on any atom is -0.350 e. The lowest BCUT2D eigenvalue weighted by atomic mass is 10.0. The molecule has 0 saturated heterocycles. The Morgan fingerprint density at radius 3 is 2.07 bits per heavy atom. The number of rotatable bonds is 12. The van der Waals surface area contributed by atoms with E-state index >= 15 is 0 Å². The third-order valence-corrected chi connectivity index (χ3v) is 8.93. The summed E-state index contributed by atoms with van der Waals surface area (Å²) in [6.07, 6.45) is 0.169. The Labute approximate surface area is 269 Å². The van der Waals surface area contributed by atoms with Gasteiger partial charge in [0.2, 0.25) is 11.8 Å². The zero-order chi connectivity index (χ0) is 33.5. The number of hydrogen-bond acceptors (Lipinski definition) is 6. The van der Waals surface area contributed by atoms with Crippen molar-refractivity contribution in [2.75, 3.05) is 10.8 Å². The van der Waals surface area contributed by atoms with Gasteiger partial charge in [0.05, 0.1) is 15.5 Å². The van der Waals surface area contributed by atoms with E-state index < -0.39 is 44.9 Å². The second-order valence-corrected chi connectivity index (χ2v) is 13.9. The van der Waals surface area contributed by atoms with Gasteiger partial charge in [0.25, 0.3) is 15.7 Å². The third-order valence-electron chi connectivity index (χ3n) is 7.14. The Morgan fingerprint density at radius 1 is 0.848 bits per heavy atom. The first-order valence-corrected chi connectivity index (χ1v) is 16.2. The van der Waals surface area contributed by atoms with Gasteiger partial charge in [0.15, 0.2) is 0 Å². The smallest absolute Gasteiger partial charge is 0.271 e. The number of nitrogens with zero attached hydrogens (tertiary/aromatic N) is 3. The molecule has 0 unspecified atom stereocenters. The fourth-order valence-electron chi connectivity index (χ4n) is 5.02. The van der Waals surface area contributed by atoms with E-state index in [1.165, 1.54) is 35.2 Å². The van der Waals surface area contributed by atoms with E-state index in [1.807, 2.05) is 82.3 Å². The summed E-state index contributed by atoms with van der Waals surface area (Å²) in [5.41, 5.74) is 1.51. The Bertz CT molecular complexity index is 1790. The van der Waals surface area contributed by atoms with Gasteiger partial charge in [-0.3, -0.25) is 24.0 Å². The molecule has 1 N–H and O–H groups in total. The number of carbonyl (C=O) groups is 2. The number of amides is 2. The summed E-state index contributed by atoms with van der Waals surface area (Å²) >= 11 is 0. The van der Waals surface area contributed by atoms with Gasteiger partial charge in [0, 0.05) is 30.6 Å². The molecule has 0 aromatic heterocycles. The fraction of sp³-hybridized carbons (Fsp3) is 0.257. The highest BCUT2D eigenvalue weighted by molar-refractivity contribution is 7.92. The summed E-state index contributed by atoms with van der Waals surface area (Å²) in [6, 6.07) is 28.5. The lowest BCUT2D eigenvalue weighted by Gasteiger charge is -2.35. The van der Waals surface area contributed by atoms with Crippen molar-refractivity contribution in [2.45, 2.75) is 57.1 Å². The average Bonchev–Trinajstić information content (AvgIpc) is 3.01. The Hall–Kier alpha value is -5.03. The number of nitro groups is 1. The summed E-state index contributed by atoms with van der Waals surface area (Å²) in [6.45, 7) is 6.75. The monoisotopic (exact) mass is 642 g/mol. The highest BCUT2D eigenvalue weighted by Crippen LogP contribution is 2.28. The van der Waals surface area contributed by atoms with Crippen LogP contribution in [0.5, 0.6) is 0 Å². The molecule has 10 nitrogen and oxygen atoms in total. The number of aryl methyl sites for hydroxylation is 1. The Kier molecular flexibility index (Phi) is 10.6. The van der Waals surface area contributed by atoms with Crippen LogP contribution >= 0.6 is 0 Å². The lowest BCUT2D eigenvalue weighted by Crippen LogP contribution is -2.56. The summed E-state index contributed by atoms with van der Waals surface area (Å²) in [4.78, 5) is 40.8. The molecule has 4 aromatic carbocycles. The minimum absolute atomic E-state index is 0.0176. The topological polar surface area (TPSA) is 130 Å². The number of anilines is 1. The number of sulfonamides is 1. The molecular weight excluding hydrogens is 604 g/mol. The van der Waals surface area contributed by atoms with Gasteiger partial charge in [0.1, 0.15) is 12.6 Å².